The van der Waals surface area contributed by atoms with Crippen molar-refractivity contribution >= 4 is 29.0 Å². The topological polar surface area (TPSA) is 89.8 Å². The summed E-state index contributed by atoms with van der Waals surface area (Å²) in [4.78, 5) is 23.6. The van der Waals surface area contributed by atoms with Gasteiger partial charge in [0.1, 0.15) is 24.2 Å². The van der Waals surface area contributed by atoms with Crippen LogP contribution >= 0.6 is 11.6 Å². The average molecular weight is 457 g/mol. The second-order valence-electron chi connectivity index (χ2n) is 7.49. The molecule has 0 radical (unpaired) electrons. The summed E-state index contributed by atoms with van der Waals surface area (Å²) in [6.07, 6.45) is 2.68. The van der Waals surface area contributed by atoms with Crippen LogP contribution in [0.2, 0.25) is 5.02 Å². The summed E-state index contributed by atoms with van der Waals surface area (Å²) in [7, 11) is 0. The SMILES string of the molecule is CC(=O)Nc1cc(C)cc(C(C)=O)c1OCC(O)Cn1ccc(Oc2ccc(Cl)cc2)c1. The zero-order valence-electron chi connectivity index (χ0n) is 18.1. The molecule has 1 heterocycles. The second-order valence-corrected chi connectivity index (χ2v) is 7.93. The number of aliphatic hydroxyl groups is 1. The lowest BCUT2D eigenvalue weighted by Crippen LogP contribution is -2.24. The molecule has 0 bridgehead atoms. The number of anilines is 1. The number of rotatable bonds is 9. The predicted molar refractivity (Wildman–Crippen MR) is 123 cm³/mol. The quantitative estimate of drug-likeness (QED) is 0.449. The number of aryl methyl sites for hydroxylation is 1. The highest BCUT2D eigenvalue weighted by Gasteiger charge is 2.18. The van der Waals surface area contributed by atoms with Crippen LogP contribution in [0.15, 0.2) is 54.9 Å². The van der Waals surface area contributed by atoms with Crippen molar-refractivity contribution in [3.8, 4) is 17.2 Å². The van der Waals surface area contributed by atoms with Crippen LogP contribution in [0.3, 0.4) is 0 Å². The van der Waals surface area contributed by atoms with E-state index in [1.165, 1.54) is 13.8 Å². The molecule has 0 aliphatic rings. The van der Waals surface area contributed by atoms with Crippen molar-refractivity contribution in [1.82, 2.24) is 4.57 Å². The van der Waals surface area contributed by atoms with Gasteiger partial charge in [0.05, 0.1) is 17.8 Å². The Bertz CT molecular complexity index is 1110. The monoisotopic (exact) mass is 456 g/mol. The number of Topliss-reactive ketones (excluding diaryl/α,β-unsaturated/α-hetero) is 1. The van der Waals surface area contributed by atoms with Gasteiger partial charge in [0, 0.05) is 24.3 Å². The first kappa shape index (κ1) is 23.4. The van der Waals surface area contributed by atoms with Crippen LogP contribution in [-0.2, 0) is 11.3 Å². The fraction of sp³-hybridized carbons (Fsp3) is 0.250. The molecular formula is C24H25ClN2O5. The van der Waals surface area contributed by atoms with Crippen LogP contribution in [-0.4, -0.2) is 34.1 Å². The van der Waals surface area contributed by atoms with E-state index in [1.807, 2.05) is 6.92 Å². The van der Waals surface area contributed by atoms with E-state index in [4.69, 9.17) is 21.1 Å². The van der Waals surface area contributed by atoms with Gasteiger partial charge in [0.15, 0.2) is 11.5 Å². The zero-order valence-corrected chi connectivity index (χ0v) is 18.8. The molecule has 7 nitrogen and oxygen atoms in total. The number of aliphatic hydroxyl groups excluding tert-OH is 1. The van der Waals surface area contributed by atoms with Crippen LogP contribution in [0.1, 0.15) is 29.8 Å². The molecule has 3 aromatic rings. The van der Waals surface area contributed by atoms with Crippen molar-refractivity contribution in [1.29, 1.82) is 0 Å². The smallest absolute Gasteiger partial charge is 0.221 e. The first-order chi connectivity index (χ1) is 15.2. The molecule has 32 heavy (non-hydrogen) atoms. The number of nitrogens with one attached hydrogen (secondary N) is 1. The van der Waals surface area contributed by atoms with E-state index in [-0.39, 0.29) is 30.6 Å². The van der Waals surface area contributed by atoms with E-state index in [2.05, 4.69) is 5.32 Å². The summed E-state index contributed by atoms with van der Waals surface area (Å²) in [6.45, 7) is 4.82. The molecule has 1 atom stereocenters. The lowest BCUT2D eigenvalue weighted by atomic mass is 10.1. The van der Waals surface area contributed by atoms with Gasteiger partial charge in [-0.1, -0.05) is 11.6 Å². The number of amides is 1. The molecule has 0 saturated heterocycles. The van der Waals surface area contributed by atoms with Gasteiger partial charge < -0.3 is 24.5 Å². The van der Waals surface area contributed by atoms with Crippen molar-refractivity contribution in [2.75, 3.05) is 11.9 Å². The molecule has 168 valence electrons. The minimum absolute atomic E-state index is 0.0680. The molecule has 3 rings (SSSR count). The first-order valence-corrected chi connectivity index (χ1v) is 10.4. The summed E-state index contributed by atoms with van der Waals surface area (Å²) < 4.78 is 13.3. The fourth-order valence-electron chi connectivity index (χ4n) is 3.18. The molecule has 2 N–H and O–H groups in total. The van der Waals surface area contributed by atoms with Crippen LogP contribution < -0.4 is 14.8 Å². The second kappa shape index (κ2) is 10.3. The molecule has 0 spiro atoms. The van der Waals surface area contributed by atoms with Gasteiger partial charge in [0.2, 0.25) is 5.91 Å². The lowest BCUT2D eigenvalue weighted by Gasteiger charge is -2.18. The summed E-state index contributed by atoms with van der Waals surface area (Å²) >= 11 is 5.88. The Hall–Kier alpha value is -3.29. The minimum Gasteiger partial charge on any atom is -0.488 e. The Morgan fingerprint density at radius 2 is 1.84 bits per heavy atom. The van der Waals surface area contributed by atoms with E-state index in [0.717, 1.165) is 5.56 Å². The van der Waals surface area contributed by atoms with E-state index >= 15 is 0 Å². The van der Waals surface area contributed by atoms with Gasteiger partial charge in [-0.05, 0) is 61.9 Å². The zero-order chi connectivity index (χ0) is 23.3. The fourth-order valence-corrected chi connectivity index (χ4v) is 3.31. The standard InChI is InChI=1S/C24H25ClN2O5/c1-15-10-22(16(2)28)24(23(11-15)26-17(3)29)31-14-19(30)12-27-9-8-21(13-27)32-20-6-4-18(25)5-7-20/h4-11,13,19,30H,12,14H2,1-3H3,(H,26,29). The number of benzene rings is 2. The molecule has 0 fully saturated rings. The number of nitrogens with zero attached hydrogens (tertiary/aromatic N) is 1. The number of carbonyl (C=O) groups excluding carboxylic acids is 2. The summed E-state index contributed by atoms with van der Waals surface area (Å²) in [5.74, 6) is 1.04. The van der Waals surface area contributed by atoms with E-state index in [9.17, 15) is 14.7 Å². The number of carbonyl (C=O) groups is 2. The van der Waals surface area contributed by atoms with Crippen molar-refractivity contribution in [2.45, 2.75) is 33.4 Å². The maximum Gasteiger partial charge on any atom is 0.221 e. The maximum absolute atomic E-state index is 12.1. The number of hydrogen-bond acceptors (Lipinski definition) is 5. The Morgan fingerprint density at radius 3 is 2.50 bits per heavy atom. The number of aromatic nitrogens is 1. The normalized spacial score (nSPS) is 11.7. The van der Waals surface area contributed by atoms with Crippen molar-refractivity contribution < 1.29 is 24.2 Å². The molecule has 2 aromatic carbocycles. The highest BCUT2D eigenvalue weighted by molar-refractivity contribution is 6.30. The predicted octanol–water partition coefficient (Wildman–Crippen LogP) is 4.84. The van der Waals surface area contributed by atoms with Gasteiger partial charge in [-0.25, -0.2) is 0 Å². The maximum atomic E-state index is 12.1. The van der Waals surface area contributed by atoms with Gasteiger partial charge >= 0.3 is 0 Å². The molecule has 0 aliphatic carbocycles. The number of hydrogen-bond donors (Lipinski definition) is 2. The van der Waals surface area contributed by atoms with Gasteiger partial charge in [-0.3, -0.25) is 9.59 Å². The third-order valence-corrected chi connectivity index (χ3v) is 4.79. The van der Waals surface area contributed by atoms with Crippen LogP contribution in [0.4, 0.5) is 5.69 Å². The Kier molecular flexibility index (Phi) is 7.56. The van der Waals surface area contributed by atoms with Crippen molar-refractivity contribution in [3.63, 3.8) is 0 Å². The van der Waals surface area contributed by atoms with Crippen molar-refractivity contribution in [3.05, 3.63) is 71.0 Å². The highest BCUT2D eigenvalue weighted by Crippen LogP contribution is 2.32. The first-order valence-electron chi connectivity index (χ1n) is 10.0. The molecule has 8 heteroatoms. The molecule has 1 unspecified atom stereocenters. The third-order valence-electron chi connectivity index (χ3n) is 4.54. The van der Waals surface area contributed by atoms with Crippen LogP contribution in [0.25, 0.3) is 0 Å². The van der Waals surface area contributed by atoms with Crippen molar-refractivity contribution in [2.24, 2.45) is 0 Å². The lowest BCUT2D eigenvalue weighted by molar-refractivity contribution is -0.114. The molecule has 1 amide bonds. The Morgan fingerprint density at radius 1 is 1.12 bits per heavy atom. The molecular weight excluding hydrogens is 432 g/mol. The van der Waals surface area contributed by atoms with E-state index < -0.39 is 6.10 Å². The van der Waals surface area contributed by atoms with E-state index in [1.54, 1.807) is 59.4 Å². The molecule has 1 aromatic heterocycles. The van der Waals surface area contributed by atoms with E-state index in [0.29, 0.717) is 27.8 Å². The summed E-state index contributed by atoms with van der Waals surface area (Å²) in [5, 5.41) is 13.8. The largest absolute Gasteiger partial charge is 0.488 e. The number of halogens is 1. The number of ether oxygens (including phenoxy) is 2. The highest BCUT2D eigenvalue weighted by atomic mass is 35.5. The third kappa shape index (κ3) is 6.35. The van der Waals surface area contributed by atoms with Gasteiger partial charge in [0.25, 0.3) is 0 Å². The van der Waals surface area contributed by atoms with Crippen LogP contribution in [0, 0.1) is 6.92 Å². The van der Waals surface area contributed by atoms with Gasteiger partial charge in [-0.2, -0.15) is 0 Å². The molecule has 0 saturated carbocycles. The Balaban J connectivity index is 1.65. The van der Waals surface area contributed by atoms with Gasteiger partial charge in [-0.15, -0.1) is 0 Å². The number of ketones is 1. The molecule has 0 aliphatic heterocycles. The summed E-state index contributed by atoms with van der Waals surface area (Å²) in [5.41, 5.74) is 1.56. The average Bonchev–Trinajstić information content (AvgIpc) is 3.14. The van der Waals surface area contributed by atoms with Crippen LogP contribution in [0.5, 0.6) is 17.2 Å². The Labute approximate surface area is 191 Å². The minimum atomic E-state index is -0.864. The summed E-state index contributed by atoms with van der Waals surface area (Å²) in [6, 6.07) is 12.2.